The number of benzene rings is 1. The van der Waals surface area contributed by atoms with Crippen molar-refractivity contribution in [3.8, 4) is 17.0 Å². The Balaban J connectivity index is 2.10. The number of nitrogens with one attached hydrogen (secondary N) is 1. The van der Waals surface area contributed by atoms with Crippen LogP contribution in [0, 0.1) is 0 Å². The lowest BCUT2D eigenvalue weighted by Crippen LogP contribution is -1.95. The van der Waals surface area contributed by atoms with Crippen molar-refractivity contribution in [2.75, 3.05) is 7.11 Å². The van der Waals surface area contributed by atoms with Gasteiger partial charge in [0, 0.05) is 5.56 Å². The van der Waals surface area contributed by atoms with Crippen molar-refractivity contribution in [2.45, 2.75) is 19.3 Å². The molecule has 19 heavy (non-hydrogen) atoms. The predicted molar refractivity (Wildman–Crippen MR) is 69.6 cm³/mol. The number of hydrogen-bond donors (Lipinski definition) is 2. The molecule has 1 aromatic carbocycles. The number of methoxy groups -OCH3 is 1. The third-order valence-corrected chi connectivity index (χ3v) is 3.55. The first-order valence-corrected chi connectivity index (χ1v) is 6.18. The number of aromatic carboxylic acids is 1. The fraction of sp³-hybridized carbons (Fsp3) is 0.286. The number of aromatic amines is 1. The summed E-state index contributed by atoms with van der Waals surface area (Å²) in [4.78, 5) is 10.9. The van der Waals surface area contributed by atoms with Crippen LogP contribution >= 0.6 is 0 Å². The van der Waals surface area contributed by atoms with Crippen LogP contribution in [0.25, 0.3) is 11.3 Å². The number of hydrogen-bond acceptors (Lipinski definition) is 3. The van der Waals surface area contributed by atoms with E-state index >= 15 is 0 Å². The molecular weight excluding hydrogens is 244 g/mol. The molecule has 0 saturated carbocycles. The summed E-state index contributed by atoms with van der Waals surface area (Å²) in [7, 11) is 1.67. The van der Waals surface area contributed by atoms with E-state index < -0.39 is 5.97 Å². The first-order chi connectivity index (χ1) is 9.20. The minimum atomic E-state index is -0.996. The van der Waals surface area contributed by atoms with Gasteiger partial charge in [0.1, 0.15) is 11.4 Å². The molecule has 0 radical (unpaired) electrons. The summed E-state index contributed by atoms with van der Waals surface area (Å²) in [5, 5.41) is 15.6. The molecule has 5 nitrogen and oxygen atoms in total. The van der Waals surface area contributed by atoms with Gasteiger partial charge >= 0.3 is 5.97 Å². The lowest BCUT2D eigenvalue weighted by Gasteiger charge is -2.10. The summed E-state index contributed by atoms with van der Waals surface area (Å²) in [5.74, 6) is -0.0887. The Labute approximate surface area is 110 Å². The third-order valence-electron chi connectivity index (χ3n) is 3.55. The van der Waals surface area contributed by atoms with Gasteiger partial charge in [-0.2, -0.15) is 5.10 Å². The van der Waals surface area contributed by atoms with Gasteiger partial charge in [0.25, 0.3) is 0 Å². The largest absolute Gasteiger partial charge is 0.496 e. The molecule has 0 amide bonds. The van der Waals surface area contributed by atoms with Gasteiger partial charge < -0.3 is 9.84 Å². The van der Waals surface area contributed by atoms with E-state index in [1.807, 2.05) is 12.1 Å². The first-order valence-electron chi connectivity index (χ1n) is 6.18. The van der Waals surface area contributed by atoms with Gasteiger partial charge in [-0.05, 0) is 48.6 Å². The quantitative estimate of drug-likeness (QED) is 0.885. The molecule has 0 atom stereocenters. The number of nitrogens with zero attached hydrogens (tertiary/aromatic N) is 1. The summed E-state index contributed by atoms with van der Waals surface area (Å²) in [5.41, 5.74) is 4.23. The minimum Gasteiger partial charge on any atom is -0.496 e. The highest BCUT2D eigenvalue weighted by Crippen LogP contribution is 2.37. The highest BCUT2D eigenvalue weighted by molar-refractivity contribution is 5.87. The van der Waals surface area contributed by atoms with Crippen molar-refractivity contribution < 1.29 is 14.6 Å². The summed E-state index contributed by atoms with van der Waals surface area (Å²) >= 11 is 0. The van der Waals surface area contributed by atoms with E-state index in [4.69, 9.17) is 9.84 Å². The Morgan fingerprint density at radius 2 is 2.16 bits per heavy atom. The Morgan fingerprint density at radius 3 is 2.84 bits per heavy atom. The minimum absolute atomic E-state index is 0.109. The predicted octanol–water partition coefficient (Wildman–Crippen LogP) is 2.27. The van der Waals surface area contributed by atoms with Crippen LogP contribution in [0.15, 0.2) is 18.2 Å². The lowest BCUT2D eigenvalue weighted by atomic mass is 10.00. The van der Waals surface area contributed by atoms with Crippen LogP contribution in [0.3, 0.4) is 0 Å². The lowest BCUT2D eigenvalue weighted by molar-refractivity contribution is 0.0690. The van der Waals surface area contributed by atoms with Crippen molar-refractivity contribution in [3.63, 3.8) is 0 Å². The van der Waals surface area contributed by atoms with E-state index in [2.05, 4.69) is 10.2 Å². The second-order valence-corrected chi connectivity index (χ2v) is 4.60. The maximum atomic E-state index is 10.9. The topological polar surface area (TPSA) is 75.2 Å². The van der Waals surface area contributed by atoms with Crippen LogP contribution in [0.1, 0.15) is 28.0 Å². The van der Waals surface area contributed by atoms with E-state index in [0.717, 1.165) is 30.6 Å². The Hall–Kier alpha value is -2.30. The maximum Gasteiger partial charge on any atom is 0.353 e. The number of carbonyl (C=O) groups is 1. The van der Waals surface area contributed by atoms with Gasteiger partial charge in [0.05, 0.1) is 12.8 Å². The van der Waals surface area contributed by atoms with Gasteiger partial charge in [-0.1, -0.05) is 0 Å². The standard InChI is InChI=1S/C14H14N2O3/c1-19-13-6-5-9(8-3-2-4-10(8)13)11-7-12(14(17)18)16-15-11/h5-7H,2-4H2,1H3,(H,15,16)(H,17,18). The Kier molecular flexibility index (Phi) is 2.74. The number of H-pyrrole nitrogens is 1. The second kappa shape index (κ2) is 4.42. The van der Waals surface area contributed by atoms with E-state index in [1.165, 1.54) is 11.1 Å². The molecule has 1 aliphatic carbocycles. The van der Waals surface area contributed by atoms with Crippen molar-refractivity contribution in [2.24, 2.45) is 0 Å². The van der Waals surface area contributed by atoms with Gasteiger partial charge in [-0.3, -0.25) is 5.10 Å². The third kappa shape index (κ3) is 1.87. The number of fused-ring (bicyclic) bond motifs is 1. The molecule has 1 aromatic heterocycles. The van der Waals surface area contributed by atoms with Crippen LogP contribution in [0.4, 0.5) is 0 Å². The van der Waals surface area contributed by atoms with Gasteiger partial charge in [0.15, 0.2) is 0 Å². The van der Waals surface area contributed by atoms with Crippen molar-refractivity contribution in [1.29, 1.82) is 0 Å². The Morgan fingerprint density at radius 1 is 1.37 bits per heavy atom. The number of carboxylic acids is 1. The summed E-state index contributed by atoms with van der Waals surface area (Å²) in [6.45, 7) is 0. The molecule has 0 aliphatic heterocycles. The average molecular weight is 258 g/mol. The molecular formula is C14H14N2O3. The highest BCUT2D eigenvalue weighted by Gasteiger charge is 2.21. The van der Waals surface area contributed by atoms with E-state index in [-0.39, 0.29) is 5.69 Å². The number of aromatic nitrogens is 2. The number of carboxylic acid groups (broad SMARTS) is 1. The number of rotatable bonds is 3. The zero-order valence-electron chi connectivity index (χ0n) is 10.6. The molecule has 3 rings (SSSR count). The van der Waals surface area contributed by atoms with Crippen LogP contribution in [-0.4, -0.2) is 28.4 Å². The fourth-order valence-electron chi connectivity index (χ4n) is 2.67. The van der Waals surface area contributed by atoms with Crippen molar-refractivity contribution >= 4 is 5.97 Å². The van der Waals surface area contributed by atoms with Crippen LogP contribution in [0.5, 0.6) is 5.75 Å². The van der Waals surface area contributed by atoms with E-state index in [1.54, 1.807) is 13.2 Å². The monoisotopic (exact) mass is 258 g/mol. The molecule has 1 heterocycles. The summed E-state index contributed by atoms with van der Waals surface area (Å²) in [6, 6.07) is 5.45. The molecule has 0 unspecified atom stereocenters. The normalized spacial score (nSPS) is 13.3. The first kappa shape index (κ1) is 11.8. The zero-order valence-corrected chi connectivity index (χ0v) is 10.6. The molecule has 5 heteroatoms. The van der Waals surface area contributed by atoms with Crippen LogP contribution < -0.4 is 4.74 Å². The molecule has 0 saturated heterocycles. The van der Waals surface area contributed by atoms with Crippen LogP contribution in [-0.2, 0) is 12.8 Å². The molecule has 98 valence electrons. The average Bonchev–Trinajstić information content (AvgIpc) is 3.06. The maximum absolute atomic E-state index is 10.9. The second-order valence-electron chi connectivity index (χ2n) is 4.60. The fourth-order valence-corrected chi connectivity index (χ4v) is 2.67. The zero-order chi connectivity index (χ0) is 13.4. The van der Waals surface area contributed by atoms with Crippen molar-refractivity contribution in [1.82, 2.24) is 10.2 Å². The van der Waals surface area contributed by atoms with E-state index in [0.29, 0.717) is 5.69 Å². The summed E-state index contributed by atoms with van der Waals surface area (Å²) < 4.78 is 5.37. The van der Waals surface area contributed by atoms with Crippen molar-refractivity contribution in [3.05, 3.63) is 35.0 Å². The molecule has 2 aromatic rings. The van der Waals surface area contributed by atoms with E-state index in [9.17, 15) is 4.79 Å². The smallest absolute Gasteiger partial charge is 0.353 e. The summed E-state index contributed by atoms with van der Waals surface area (Å²) in [6.07, 6.45) is 3.08. The van der Waals surface area contributed by atoms with Crippen LogP contribution in [0.2, 0.25) is 0 Å². The molecule has 0 spiro atoms. The molecule has 0 bridgehead atoms. The highest BCUT2D eigenvalue weighted by atomic mass is 16.5. The SMILES string of the molecule is COc1ccc(-c2cc(C(=O)O)[nH]n2)c2c1CCC2. The molecule has 1 aliphatic rings. The number of ether oxygens (including phenoxy) is 1. The Bertz CT molecular complexity index is 646. The van der Waals surface area contributed by atoms with Gasteiger partial charge in [0.2, 0.25) is 0 Å². The molecule has 0 fully saturated rings. The van der Waals surface area contributed by atoms with Gasteiger partial charge in [-0.25, -0.2) is 4.79 Å². The van der Waals surface area contributed by atoms with Gasteiger partial charge in [-0.15, -0.1) is 0 Å². The molecule has 2 N–H and O–H groups in total.